The summed E-state index contributed by atoms with van der Waals surface area (Å²) in [5, 5.41) is 19.5. The SMILES string of the molecule is Cc1c(C(=O)O)sc2nc(CSc3nnc(-c4ccco4)n3[C@H](C)[C@@H]3C[C@@H]4CC[C@@H]3C4)[nH]c(=O)c12. The molecule has 4 aromatic heterocycles. The number of hydrogen-bond donors (Lipinski definition) is 2. The quantitative estimate of drug-likeness (QED) is 0.327. The van der Waals surface area contributed by atoms with E-state index in [1.807, 2.05) is 12.1 Å². The first kappa shape index (κ1) is 22.5. The lowest BCUT2D eigenvalue weighted by Gasteiger charge is -2.30. The number of thiophene rings is 1. The lowest BCUT2D eigenvalue weighted by atomic mass is 9.84. The van der Waals surface area contributed by atoms with E-state index >= 15 is 0 Å². The molecule has 2 fully saturated rings. The maximum Gasteiger partial charge on any atom is 0.346 e. The minimum atomic E-state index is -1.05. The van der Waals surface area contributed by atoms with Crippen molar-refractivity contribution >= 4 is 39.3 Å². The fourth-order valence-electron chi connectivity index (χ4n) is 5.99. The highest BCUT2D eigenvalue weighted by molar-refractivity contribution is 7.98. The van der Waals surface area contributed by atoms with Crippen molar-refractivity contribution in [1.82, 2.24) is 24.7 Å². The average molecular weight is 512 g/mol. The minimum absolute atomic E-state index is 0.144. The third kappa shape index (κ3) is 3.81. The van der Waals surface area contributed by atoms with Crippen molar-refractivity contribution in [3.63, 3.8) is 0 Å². The highest BCUT2D eigenvalue weighted by Gasteiger charge is 2.43. The van der Waals surface area contributed by atoms with Crippen LogP contribution in [0.1, 0.15) is 59.7 Å². The zero-order valence-electron chi connectivity index (χ0n) is 19.4. The fourth-order valence-corrected chi connectivity index (χ4v) is 7.92. The molecule has 4 aromatic rings. The molecule has 2 aliphatic carbocycles. The van der Waals surface area contributed by atoms with Crippen LogP contribution in [0.15, 0.2) is 32.8 Å². The minimum Gasteiger partial charge on any atom is -0.477 e. The lowest BCUT2D eigenvalue weighted by Crippen LogP contribution is -2.23. The van der Waals surface area contributed by atoms with E-state index in [0.717, 1.165) is 28.3 Å². The fraction of sp³-hybridized carbons (Fsp3) is 0.458. The molecule has 2 N–H and O–H groups in total. The molecule has 11 heteroatoms. The smallest absolute Gasteiger partial charge is 0.346 e. The van der Waals surface area contributed by atoms with Crippen LogP contribution in [0.25, 0.3) is 21.8 Å². The summed E-state index contributed by atoms with van der Waals surface area (Å²) in [6.45, 7) is 3.89. The number of aromatic nitrogens is 5. The topological polar surface area (TPSA) is 127 Å². The number of aromatic amines is 1. The predicted octanol–water partition coefficient (Wildman–Crippen LogP) is 5.13. The van der Waals surface area contributed by atoms with Crippen molar-refractivity contribution in [2.75, 3.05) is 0 Å². The molecule has 4 heterocycles. The van der Waals surface area contributed by atoms with Crippen LogP contribution in [-0.4, -0.2) is 35.8 Å². The Bertz CT molecular complexity index is 1470. The van der Waals surface area contributed by atoms with E-state index in [4.69, 9.17) is 4.42 Å². The Hall–Kier alpha value is -2.92. The number of aromatic carboxylic acids is 1. The summed E-state index contributed by atoms with van der Waals surface area (Å²) in [7, 11) is 0. The molecule has 4 atom stereocenters. The molecule has 0 radical (unpaired) electrons. The van der Waals surface area contributed by atoms with Crippen molar-refractivity contribution in [1.29, 1.82) is 0 Å². The second-order valence-electron chi connectivity index (χ2n) is 9.58. The molecule has 182 valence electrons. The van der Waals surface area contributed by atoms with E-state index in [9.17, 15) is 14.7 Å². The summed E-state index contributed by atoms with van der Waals surface area (Å²) < 4.78 is 7.85. The van der Waals surface area contributed by atoms with Gasteiger partial charge in [-0.1, -0.05) is 18.2 Å². The van der Waals surface area contributed by atoms with Crippen LogP contribution < -0.4 is 5.56 Å². The van der Waals surface area contributed by atoms with Gasteiger partial charge in [0.25, 0.3) is 5.56 Å². The van der Waals surface area contributed by atoms with Crippen molar-refractivity contribution < 1.29 is 14.3 Å². The number of carboxylic acids is 1. The van der Waals surface area contributed by atoms with Crippen LogP contribution in [0.4, 0.5) is 0 Å². The largest absolute Gasteiger partial charge is 0.477 e. The van der Waals surface area contributed by atoms with Crippen molar-refractivity contribution in [3.8, 4) is 11.6 Å². The van der Waals surface area contributed by atoms with E-state index in [-0.39, 0.29) is 16.5 Å². The van der Waals surface area contributed by atoms with Gasteiger partial charge in [-0.15, -0.1) is 21.5 Å². The van der Waals surface area contributed by atoms with Gasteiger partial charge in [0, 0.05) is 6.04 Å². The molecule has 2 saturated carbocycles. The zero-order chi connectivity index (χ0) is 24.3. The van der Waals surface area contributed by atoms with Crippen LogP contribution in [-0.2, 0) is 5.75 Å². The molecule has 0 aromatic carbocycles. The molecule has 35 heavy (non-hydrogen) atoms. The molecule has 9 nitrogen and oxygen atoms in total. The zero-order valence-corrected chi connectivity index (χ0v) is 21.0. The maximum atomic E-state index is 12.7. The number of carboxylic acid groups (broad SMARTS) is 1. The third-order valence-corrected chi connectivity index (χ3v) is 9.74. The van der Waals surface area contributed by atoms with Crippen LogP contribution in [0, 0.1) is 24.7 Å². The molecule has 0 saturated heterocycles. The van der Waals surface area contributed by atoms with Gasteiger partial charge in [0.05, 0.1) is 17.4 Å². The Balaban J connectivity index is 1.32. The molecule has 2 aliphatic rings. The number of aryl methyl sites for hydroxylation is 1. The molecule has 0 aliphatic heterocycles. The van der Waals surface area contributed by atoms with E-state index in [1.165, 1.54) is 37.4 Å². The molecule has 0 spiro atoms. The highest BCUT2D eigenvalue weighted by Crippen LogP contribution is 2.53. The first-order valence-electron chi connectivity index (χ1n) is 11.8. The van der Waals surface area contributed by atoms with E-state index < -0.39 is 5.97 Å². The second-order valence-corrected chi connectivity index (χ2v) is 11.5. The molecule has 0 amide bonds. The van der Waals surface area contributed by atoms with Gasteiger partial charge in [-0.25, -0.2) is 9.78 Å². The van der Waals surface area contributed by atoms with Crippen molar-refractivity contribution in [2.24, 2.45) is 17.8 Å². The van der Waals surface area contributed by atoms with Gasteiger partial charge in [0.15, 0.2) is 10.9 Å². The summed E-state index contributed by atoms with van der Waals surface area (Å²) in [6, 6.07) is 3.96. The number of fused-ring (bicyclic) bond motifs is 3. The molecule has 6 rings (SSSR count). The van der Waals surface area contributed by atoms with Gasteiger partial charge in [-0.05, 0) is 68.6 Å². The van der Waals surface area contributed by atoms with E-state index in [1.54, 1.807) is 13.2 Å². The lowest BCUT2D eigenvalue weighted by molar-refractivity contribution is 0.0701. The predicted molar refractivity (Wildman–Crippen MR) is 133 cm³/mol. The first-order chi connectivity index (χ1) is 16.9. The van der Waals surface area contributed by atoms with Gasteiger partial charge in [0.2, 0.25) is 5.82 Å². The number of hydrogen-bond acceptors (Lipinski definition) is 8. The highest BCUT2D eigenvalue weighted by atomic mass is 32.2. The number of furan rings is 1. The number of H-pyrrole nitrogens is 1. The van der Waals surface area contributed by atoms with Crippen LogP contribution in [0.5, 0.6) is 0 Å². The number of nitrogens with one attached hydrogen (secondary N) is 1. The van der Waals surface area contributed by atoms with Gasteiger partial charge in [-0.2, -0.15) is 0 Å². The van der Waals surface area contributed by atoms with Gasteiger partial charge < -0.3 is 14.5 Å². The summed E-state index contributed by atoms with van der Waals surface area (Å²) in [5.74, 6) is 3.36. The van der Waals surface area contributed by atoms with E-state index in [2.05, 4.69) is 31.7 Å². The average Bonchev–Trinajstić information content (AvgIpc) is 3.65. The third-order valence-electron chi connectivity index (χ3n) is 7.61. The van der Waals surface area contributed by atoms with Gasteiger partial charge in [-0.3, -0.25) is 9.36 Å². The molecular formula is C24H25N5O4S2. The summed E-state index contributed by atoms with van der Waals surface area (Å²) in [6.07, 6.45) is 6.84. The summed E-state index contributed by atoms with van der Waals surface area (Å²) in [5.41, 5.74) is 0.132. The number of carbonyl (C=O) groups is 1. The van der Waals surface area contributed by atoms with Crippen LogP contribution in [0.3, 0.4) is 0 Å². The van der Waals surface area contributed by atoms with E-state index in [0.29, 0.717) is 44.9 Å². The van der Waals surface area contributed by atoms with Gasteiger partial charge in [0.1, 0.15) is 15.5 Å². The normalized spacial score (nSPS) is 22.3. The van der Waals surface area contributed by atoms with Gasteiger partial charge >= 0.3 is 5.97 Å². The first-order valence-corrected chi connectivity index (χ1v) is 13.6. The Kier molecular flexibility index (Phi) is 5.56. The Morgan fingerprint density at radius 2 is 2.23 bits per heavy atom. The summed E-state index contributed by atoms with van der Waals surface area (Å²) in [4.78, 5) is 32.2. The van der Waals surface area contributed by atoms with Crippen LogP contribution in [0.2, 0.25) is 0 Å². The maximum absolute atomic E-state index is 12.7. The Morgan fingerprint density at radius 1 is 1.37 bits per heavy atom. The second kappa shape index (κ2) is 8.63. The van der Waals surface area contributed by atoms with Crippen molar-refractivity contribution in [2.45, 2.75) is 56.5 Å². The standard InChI is InChI=1S/C24H25N5O4S2/c1-11-18-21(30)25-17(26-22(18)35-19(11)23(31)32)10-34-24-28-27-20(16-4-3-7-33-16)29(24)12(2)15-9-13-5-6-14(15)8-13/h3-4,7,12-15H,5-6,8-10H2,1-2H3,(H,31,32)(H,25,26,30)/t12-,13-,14-,15+/m1/s1. The van der Waals surface area contributed by atoms with Crippen molar-refractivity contribution in [3.05, 3.63) is 45.0 Å². The molecular weight excluding hydrogens is 486 g/mol. The van der Waals surface area contributed by atoms with Crippen LogP contribution >= 0.6 is 23.1 Å². The summed E-state index contributed by atoms with van der Waals surface area (Å²) >= 11 is 2.49. The molecule has 0 unspecified atom stereocenters. The number of rotatable bonds is 7. The monoisotopic (exact) mass is 511 g/mol. The molecule has 2 bridgehead atoms. The Labute approximate surface area is 209 Å². The Morgan fingerprint density at radius 3 is 2.91 bits per heavy atom. The number of nitrogens with zero attached hydrogens (tertiary/aromatic N) is 4. The number of thioether (sulfide) groups is 1.